The van der Waals surface area contributed by atoms with E-state index in [0.717, 1.165) is 6.42 Å². The maximum Gasteiger partial charge on any atom is 0.573 e. The van der Waals surface area contributed by atoms with Gasteiger partial charge >= 0.3 is 6.36 Å². The molecule has 0 aliphatic carbocycles. The van der Waals surface area contributed by atoms with Gasteiger partial charge in [0.25, 0.3) is 0 Å². The van der Waals surface area contributed by atoms with E-state index in [1.165, 1.54) is 12.1 Å². The molecule has 1 rings (SSSR count). The van der Waals surface area contributed by atoms with Gasteiger partial charge in [0.1, 0.15) is 5.75 Å². The van der Waals surface area contributed by atoms with Crippen LogP contribution in [0, 0.1) is 0 Å². The van der Waals surface area contributed by atoms with Crippen LogP contribution in [0.2, 0.25) is 0 Å². The van der Waals surface area contributed by atoms with Gasteiger partial charge in [-0.05, 0) is 12.5 Å². The van der Waals surface area contributed by atoms with Crippen molar-refractivity contribution in [1.82, 2.24) is 0 Å². The van der Waals surface area contributed by atoms with Crippen molar-refractivity contribution in [2.75, 3.05) is 0 Å². The highest BCUT2D eigenvalue weighted by Crippen LogP contribution is 2.30. The first-order valence-corrected chi connectivity index (χ1v) is 5.04. The Hall–Kier alpha value is -1.23. The fourth-order valence-corrected chi connectivity index (χ4v) is 1.47. The van der Waals surface area contributed by atoms with Gasteiger partial charge in [0.2, 0.25) is 0 Å². The van der Waals surface area contributed by atoms with E-state index in [9.17, 15) is 13.2 Å². The summed E-state index contributed by atoms with van der Waals surface area (Å²) in [4.78, 5) is 0. The molecule has 16 heavy (non-hydrogen) atoms. The summed E-state index contributed by atoms with van der Waals surface area (Å²) in [6.07, 6.45) is -3.25. The van der Waals surface area contributed by atoms with Crippen LogP contribution in [-0.2, 0) is 0 Å². The molecule has 0 spiro atoms. The van der Waals surface area contributed by atoms with Gasteiger partial charge in [-0.1, -0.05) is 31.5 Å². The van der Waals surface area contributed by atoms with Crippen molar-refractivity contribution >= 4 is 0 Å². The predicted octanol–water partition coefficient (Wildman–Crippen LogP) is 3.39. The molecule has 5 heteroatoms. The Labute approximate surface area is 92.2 Å². The Kier molecular flexibility index (Phi) is 4.18. The lowest BCUT2D eigenvalue weighted by atomic mass is 10.0. The van der Waals surface area contributed by atoms with Gasteiger partial charge in [0.05, 0.1) is 0 Å². The van der Waals surface area contributed by atoms with Crippen molar-refractivity contribution < 1.29 is 17.9 Å². The molecule has 2 nitrogen and oxygen atoms in total. The first kappa shape index (κ1) is 12.8. The molecule has 1 aromatic carbocycles. The monoisotopic (exact) mass is 233 g/mol. The van der Waals surface area contributed by atoms with Crippen LogP contribution in [0.5, 0.6) is 5.75 Å². The van der Waals surface area contributed by atoms with Gasteiger partial charge in [0.15, 0.2) is 0 Å². The van der Waals surface area contributed by atoms with Gasteiger partial charge in [0, 0.05) is 11.6 Å². The zero-order valence-electron chi connectivity index (χ0n) is 8.92. The zero-order chi connectivity index (χ0) is 12.2. The Bertz CT molecular complexity index is 338. The van der Waals surface area contributed by atoms with Crippen molar-refractivity contribution in [3.63, 3.8) is 0 Å². The Morgan fingerprint density at radius 2 is 1.94 bits per heavy atom. The highest BCUT2D eigenvalue weighted by molar-refractivity contribution is 5.35. The molecule has 0 amide bonds. The average Bonchev–Trinajstić information content (AvgIpc) is 2.16. The minimum Gasteiger partial charge on any atom is -0.405 e. The molecule has 0 heterocycles. The standard InChI is InChI=1S/C11H14F3NO/c1-2-5-9(15)8-6-3-4-7-10(8)16-11(12,13)14/h3-4,6-7,9H,2,5,15H2,1H3. The molecule has 0 bridgehead atoms. The van der Waals surface area contributed by atoms with Crippen LogP contribution < -0.4 is 10.5 Å². The number of hydrogen-bond donors (Lipinski definition) is 1. The largest absolute Gasteiger partial charge is 0.573 e. The summed E-state index contributed by atoms with van der Waals surface area (Å²) in [5.41, 5.74) is 6.17. The summed E-state index contributed by atoms with van der Waals surface area (Å²) in [7, 11) is 0. The first-order valence-electron chi connectivity index (χ1n) is 5.04. The quantitative estimate of drug-likeness (QED) is 0.865. The minimum atomic E-state index is -4.68. The normalized spacial score (nSPS) is 13.6. The van der Waals surface area contributed by atoms with E-state index in [-0.39, 0.29) is 5.75 Å². The first-order chi connectivity index (χ1) is 7.44. The molecule has 0 saturated carbocycles. The number of alkyl halides is 3. The number of halogens is 3. The number of para-hydroxylation sites is 1. The molecule has 1 unspecified atom stereocenters. The summed E-state index contributed by atoms with van der Waals surface area (Å²) in [6.45, 7) is 1.92. The van der Waals surface area contributed by atoms with Gasteiger partial charge in [-0.15, -0.1) is 13.2 Å². The number of benzene rings is 1. The summed E-state index contributed by atoms with van der Waals surface area (Å²) >= 11 is 0. The minimum absolute atomic E-state index is 0.212. The van der Waals surface area contributed by atoms with Crippen LogP contribution >= 0.6 is 0 Å². The molecule has 0 aliphatic heterocycles. The lowest BCUT2D eigenvalue weighted by Gasteiger charge is -2.17. The highest BCUT2D eigenvalue weighted by Gasteiger charge is 2.32. The maximum absolute atomic E-state index is 12.1. The lowest BCUT2D eigenvalue weighted by Crippen LogP contribution is -2.20. The number of rotatable bonds is 4. The second kappa shape index (κ2) is 5.21. The van der Waals surface area contributed by atoms with Crippen molar-refractivity contribution in [3.8, 4) is 5.75 Å². The van der Waals surface area contributed by atoms with E-state index in [1.807, 2.05) is 6.92 Å². The van der Waals surface area contributed by atoms with Crippen molar-refractivity contribution in [2.24, 2.45) is 5.73 Å². The second-order valence-corrected chi connectivity index (χ2v) is 3.48. The van der Waals surface area contributed by atoms with Crippen LogP contribution in [0.25, 0.3) is 0 Å². The highest BCUT2D eigenvalue weighted by atomic mass is 19.4. The Balaban J connectivity index is 2.91. The van der Waals surface area contributed by atoms with Crippen molar-refractivity contribution in [3.05, 3.63) is 29.8 Å². The molecule has 0 fully saturated rings. The van der Waals surface area contributed by atoms with E-state index in [4.69, 9.17) is 5.73 Å². The third-order valence-corrected chi connectivity index (χ3v) is 2.14. The molecule has 0 aromatic heterocycles. The maximum atomic E-state index is 12.1. The molecule has 1 atom stereocenters. The topological polar surface area (TPSA) is 35.2 Å². The zero-order valence-corrected chi connectivity index (χ0v) is 8.92. The molecule has 0 saturated heterocycles. The average molecular weight is 233 g/mol. The Morgan fingerprint density at radius 1 is 1.31 bits per heavy atom. The van der Waals surface area contributed by atoms with Crippen LogP contribution in [-0.4, -0.2) is 6.36 Å². The molecule has 0 aliphatic rings. The fourth-order valence-electron chi connectivity index (χ4n) is 1.47. The molecular weight excluding hydrogens is 219 g/mol. The third kappa shape index (κ3) is 3.73. The smallest absolute Gasteiger partial charge is 0.405 e. The molecule has 1 aromatic rings. The van der Waals surface area contributed by atoms with Crippen LogP contribution in [0.1, 0.15) is 31.4 Å². The number of hydrogen-bond acceptors (Lipinski definition) is 2. The van der Waals surface area contributed by atoms with Crippen LogP contribution in [0.15, 0.2) is 24.3 Å². The van der Waals surface area contributed by atoms with Gasteiger partial charge in [-0.3, -0.25) is 0 Å². The van der Waals surface area contributed by atoms with Crippen LogP contribution in [0.4, 0.5) is 13.2 Å². The SMILES string of the molecule is CCCC(N)c1ccccc1OC(F)(F)F. The van der Waals surface area contributed by atoms with Crippen molar-refractivity contribution in [2.45, 2.75) is 32.2 Å². The van der Waals surface area contributed by atoms with Gasteiger partial charge in [-0.2, -0.15) is 0 Å². The molecule has 0 radical (unpaired) electrons. The van der Waals surface area contributed by atoms with E-state index in [2.05, 4.69) is 4.74 Å². The van der Waals surface area contributed by atoms with Crippen LogP contribution in [0.3, 0.4) is 0 Å². The molecular formula is C11H14F3NO. The summed E-state index contributed by atoms with van der Waals surface area (Å²) in [5.74, 6) is -0.212. The summed E-state index contributed by atoms with van der Waals surface area (Å²) in [6, 6.07) is 5.54. The lowest BCUT2D eigenvalue weighted by molar-refractivity contribution is -0.275. The summed E-state index contributed by atoms with van der Waals surface area (Å²) in [5, 5.41) is 0. The fraction of sp³-hybridized carbons (Fsp3) is 0.455. The third-order valence-electron chi connectivity index (χ3n) is 2.14. The van der Waals surface area contributed by atoms with E-state index in [0.29, 0.717) is 12.0 Å². The van der Waals surface area contributed by atoms with Gasteiger partial charge in [-0.25, -0.2) is 0 Å². The van der Waals surface area contributed by atoms with E-state index in [1.54, 1.807) is 12.1 Å². The van der Waals surface area contributed by atoms with E-state index < -0.39 is 12.4 Å². The number of ether oxygens (including phenoxy) is 1. The summed E-state index contributed by atoms with van der Waals surface area (Å²) < 4.78 is 40.2. The Morgan fingerprint density at radius 3 is 2.50 bits per heavy atom. The molecule has 2 N–H and O–H groups in total. The molecule has 90 valence electrons. The second-order valence-electron chi connectivity index (χ2n) is 3.48. The number of nitrogens with two attached hydrogens (primary N) is 1. The van der Waals surface area contributed by atoms with Crippen molar-refractivity contribution in [1.29, 1.82) is 0 Å². The predicted molar refractivity (Wildman–Crippen MR) is 55.0 cm³/mol. The van der Waals surface area contributed by atoms with Gasteiger partial charge < -0.3 is 10.5 Å². The van der Waals surface area contributed by atoms with E-state index >= 15 is 0 Å².